The van der Waals surface area contributed by atoms with Crippen molar-refractivity contribution in [3.05, 3.63) is 47.4 Å². The summed E-state index contributed by atoms with van der Waals surface area (Å²) in [7, 11) is 0. The molecule has 4 aliphatic carbocycles. The van der Waals surface area contributed by atoms with Gasteiger partial charge in [0, 0.05) is 16.0 Å². The van der Waals surface area contributed by atoms with Gasteiger partial charge in [-0.25, -0.2) is 0 Å². The number of amides is 1. The SMILES string of the molecule is Cc1oc(C23CC4CC(CC(C4)C2)C3)cc1C(=O)Nc1ccc(SC#N)cc1. The molecule has 0 saturated heterocycles. The monoisotopic (exact) mass is 392 g/mol. The van der Waals surface area contributed by atoms with Crippen LogP contribution < -0.4 is 5.32 Å². The summed E-state index contributed by atoms with van der Waals surface area (Å²) in [5.41, 5.74) is 1.53. The molecule has 1 heterocycles. The lowest BCUT2D eigenvalue weighted by molar-refractivity contribution is -0.0154. The molecule has 6 rings (SSSR count). The van der Waals surface area contributed by atoms with Gasteiger partial charge in [0.2, 0.25) is 0 Å². The molecular weight excluding hydrogens is 368 g/mol. The lowest BCUT2D eigenvalue weighted by Crippen LogP contribution is -2.48. The van der Waals surface area contributed by atoms with Crippen LogP contribution in [0.4, 0.5) is 5.69 Å². The lowest BCUT2D eigenvalue weighted by atomic mass is 9.49. The second-order valence-corrected chi connectivity index (χ2v) is 9.81. The third kappa shape index (κ3) is 3.04. The number of carbonyl (C=O) groups excluding carboxylic acids is 1. The average molecular weight is 393 g/mol. The summed E-state index contributed by atoms with van der Waals surface area (Å²) in [6.45, 7) is 1.89. The number of anilines is 1. The van der Waals surface area contributed by atoms with E-state index in [1.807, 2.05) is 37.3 Å². The molecule has 4 saturated carbocycles. The summed E-state index contributed by atoms with van der Waals surface area (Å²) in [5.74, 6) is 4.16. The summed E-state index contributed by atoms with van der Waals surface area (Å²) >= 11 is 1.11. The Labute approximate surface area is 169 Å². The largest absolute Gasteiger partial charge is 0.465 e. The lowest BCUT2D eigenvalue weighted by Gasteiger charge is -2.55. The number of nitriles is 1. The molecule has 0 unspecified atom stereocenters. The number of furan rings is 1. The maximum absolute atomic E-state index is 12.9. The number of hydrogen-bond donors (Lipinski definition) is 1. The van der Waals surface area contributed by atoms with Crippen molar-refractivity contribution in [1.82, 2.24) is 0 Å². The van der Waals surface area contributed by atoms with Gasteiger partial charge in [-0.1, -0.05) is 0 Å². The number of nitrogens with one attached hydrogen (secondary N) is 1. The minimum absolute atomic E-state index is 0.127. The summed E-state index contributed by atoms with van der Waals surface area (Å²) in [6, 6.07) is 9.34. The Morgan fingerprint density at radius 2 is 1.75 bits per heavy atom. The fourth-order valence-electron chi connectivity index (χ4n) is 6.24. The molecule has 0 radical (unpaired) electrons. The Morgan fingerprint density at radius 3 is 2.32 bits per heavy atom. The van der Waals surface area contributed by atoms with E-state index in [1.54, 1.807) is 0 Å². The quantitative estimate of drug-likeness (QED) is 0.521. The Morgan fingerprint density at radius 1 is 1.14 bits per heavy atom. The molecule has 5 heteroatoms. The summed E-state index contributed by atoms with van der Waals surface area (Å²) in [6.07, 6.45) is 7.87. The van der Waals surface area contributed by atoms with Crippen molar-refractivity contribution in [1.29, 1.82) is 5.26 Å². The fourth-order valence-corrected chi connectivity index (χ4v) is 6.62. The number of thiocyanates is 1. The molecule has 2 aromatic rings. The molecule has 28 heavy (non-hydrogen) atoms. The minimum Gasteiger partial charge on any atom is -0.465 e. The molecule has 1 amide bonds. The average Bonchev–Trinajstić information content (AvgIpc) is 3.05. The maximum atomic E-state index is 12.9. The van der Waals surface area contributed by atoms with Crippen molar-refractivity contribution in [2.75, 3.05) is 5.32 Å². The smallest absolute Gasteiger partial charge is 0.259 e. The Kier molecular flexibility index (Phi) is 4.28. The van der Waals surface area contributed by atoms with Crippen molar-refractivity contribution >= 4 is 23.4 Å². The van der Waals surface area contributed by atoms with Gasteiger partial charge in [0.05, 0.1) is 5.56 Å². The second kappa shape index (κ2) is 6.70. The maximum Gasteiger partial charge on any atom is 0.259 e. The number of carbonyl (C=O) groups is 1. The predicted molar refractivity (Wildman–Crippen MR) is 109 cm³/mol. The van der Waals surface area contributed by atoms with Crippen molar-refractivity contribution in [3.8, 4) is 5.40 Å². The number of thioether (sulfide) groups is 1. The molecule has 4 fully saturated rings. The van der Waals surface area contributed by atoms with Gasteiger partial charge in [-0.05, 0) is 105 Å². The van der Waals surface area contributed by atoms with Gasteiger partial charge < -0.3 is 9.73 Å². The van der Waals surface area contributed by atoms with E-state index < -0.39 is 0 Å². The van der Waals surface area contributed by atoms with E-state index in [-0.39, 0.29) is 11.3 Å². The minimum atomic E-state index is -0.127. The standard InChI is InChI=1S/C23H24N2O2S/c1-14-20(22(26)25-18-2-4-19(5-3-18)28-13-24)9-21(27-14)23-10-15-6-16(11-23)8-17(7-15)12-23/h2-5,9,15-17H,6-8,10-12H2,1H3,(H,25,26). The summed E-state index contributed by atoms with van der Waals surface area (Å²) in [5, 5.41) is 13.8. The van der Waals surface area contributed by atoms with Gasteiger partial charge >= 0.3 is 0 Å². The van der Waals surface area contributed by atoms with Gasteiger partial charge in [0.15, 0.2) is 0 Å². The molecule has 1 aromatic carbocycles. The normalized spacial score (nSPS) is 30.2. The van der Waals surface area contributed by atoms with Crippen LogP contribution in [-0.4, -0.2) is 5.91 Å². The van der Waals surface area contributed by atoms with Crippen LogP contribution in [-0.2, 0) is 5.41 Å². The van der Waals surface area contributed by atoms with Crippen LogP contribution in [0.1, 0.15) is 60.4 Å². The summed E-state index contributed by atoms with van der Waals surface area (Å²) < 4.78 is 6.21. The second-order valence-electron chi connectivity index (χ2n) is 8.95. The molecule has 1 N–H and O–H groups in total. The van der Waals surface area contributed by atoms with Gasteiger partial charge in [-0.3, -0.25) is 4.79 Å². The van der Waals surface area contributed by atoms with Crippen LogP contribution in [0.25, 0.3) is 0 Å². The third-order valence-electron chi connectivity index (χ3n) is 7.00. The van der Waals surface area contributed by atoms with Crippen molar-refractivity contribution in [3.63, 3.8) is 0 Å². The van der Waals surface area contributed by atoms with Crippen LogP contribution >= 0.6 is 11.8 Å². The molecule has 0 atom stereocenters. The van der Waals surface area contributed by atoms with Crippen LogP contribution in [0, 0.1) is 35.3 Å². The van der Waals surface area contributed by atoms with Crippen LogP contribution in [0.5, 0.6) is 0 Å². The van der Waals surface area contributed by atoms with E-state index in [1.165, 1.54) is 38.5 Å². The van der Waals surface area contributed by atoms with Gasteiger partial charge in [-0.2, -0.15) is 5.26 Å². The Bertz CT molecular complexity index is 919. The zero-order chi connectivity index (χ0) is 19.3. The summed E-state index contributed by atoms with van der Waals surface area (Å²) in [4.78, 5) is 13.7. The number of hydrogen-bond acceptors (Lipinski definition) is 4. The highest BCUT2D eigenvalue weighted by molar-refractivity contribution is 8.03. The van der Waals surface area contributed by atoms with Gasteiger partial charge in [0.25, 0.3) is 5.91 Å². The highest BCUT2D eigenvalue weighted by atomic mass is 32.2. The number of aryl methyl sites for hydroxylation is 1. The molecule has 4 aliphatic rings. The van der Waals surface area contributed by atoms with E-state index in [0.717, 1.165) is 45.9 Å². The first-order chi connectivity index (χ1) is 13.5. The van der Waals surface area contributed by atoms with Crippen LogP contribution in [0.15, 0.2) is 39.6 Å². The van der Waals surface area contributed by atoms with E-state index in [2.05, 4.69) is 10.7 Å². The molecule has 0 aliphatic heterocycles. The topological polar surface area (TPSA) is 66.0 Å². The van der Waals surface area contributed by atoms with E-state index >= 15 is 0 Å². The Balaban J connectivity index is 1.36. The number of rotatable bonds is 4. The van der Waals surface area contributed by atoms with Crippen molar-refractivity contribution < 1.29 is 9.21 Å². The molecular formula is C23H24N2O2S. The van der Waals surface area contributed by atoms with Crippen LogP contribution in [0.2, 0.25) is 0 Å². The first kappa shape index (κ1) is 17.9. The molecule has 4 bridgehead atoms. The predicted octanol–water partition coefficient (Wildman–Crippen LogP) is 5.88. The molecule has 4 nitrogen and oxygen atoms in total. The number of nitrogens with zero attached hydrogens (tertiary/aromatic N) is 1. The highest BCUT2D eigenvalue weighted by Crippen LogP contribution is 2.61. The first-order valence-electron chi connectivity index (χ1n) is 10.1. The van der Waals surface area contributed by atoms with Gasteiger partial charge in [-0.15, -0.1) is 0 Å². The van der Waals surface area contributed by atoms with E-state index in [0.29, 0.717) is 11.3 Å². The van der Waals surface area contributed by atoms with Crippen molar-refractivity contribution in [2.24, 2.45) is 17.8 Å². The van der Waals surface area contributed by atoms with E-state index in [9.17, 15) is 4.79 Å². The zero-order valence-electron chi connectivity index (χ0n) is 16.0. The Hall–Kier alpha value is -2.19. The molecule has 144 valence electrons. The number of benzene rings is 1. The molecule has 1 aromatic heterocycles. The van der Waals surface area contributed by atoms with Crippen LogP contribution in [0.3, 0.4) is 0 Å². The highest BCUT2D eigenvalue weighted by Gasteiger charge is 2.53. The van der Waals surface area contributed by atoms with E-state index in [4.69, 9.17) is 9.68 Å². The third-order valence-corrected chi connectivity index (χ3v) is 7.60. The fraction of sp³-hybridized carbons (Fsp3) is 0.478. The zero-order valence-corrected chi connectivity index (χ0v) is 16.8. The van der Waals surface area contributed by atoms with Gasteiger partial charge in [0.1, 0.15) is 16.9 Å². The first-order valence-corrected chi connectivity index (χ1v) is 10.9. The van der Waals surface area contributed by atoms with Crippen molar-refractivity contribution in [2.45, 2.75) is 55.8 Å². The molecule has 0 spiro atoms.